The highest BCUT2D eigenvalue weighted by Crippen LogP contribution is 2.22. The van der Waals surface area contributed by atoms with Crippen molar-refractivity contribution in [2.45, 2.75) is 37.6 Å². The van der Waals surface area contributed by atoms with Crippen molar-refractivity contribution in [1.82, 2.24) is 5.32 Å². The van der Waals surface area contributed by atoms with E-state index in [4.69, 9.17) is 11.6 Å². The molecule has 0 heterocycles. The Balaban J connectivity index is 2.39. The van der Waals surface area contributed by atoms with Crippen LogP contribution in [0.4, 0.5) is 0 Å². The lowest BCUT2D eigenvalue weighted by atomic mass is 10.0. The molecule has 0 aliphatic rings. The molecule has 0 saturated carbocycles. The zero-order valence-electron chi connectivity index (χ0n) is 10.9. The van der Waals surface area contributed by atoms with E-state index in [9.17, 15) is 0 Å². The van der Waals surface area contributed by atoms with Gasteiger partial charge in [0.1, 0.15) is 0 Å². The smallest absolute Gasteiger partial charge is 0.0406 e. The van der Waals surface area contributed by atoms with Crippen LogP contribution in [0.25, 0.3) is 0 Å². The van der Waals surface area contributed by atoms with E-state index in [1.54, 1.807) is 0 Å². The number of hydrogen-bond acceptors (Lipinski definition) is 2. The average Bonchev–Trinajstić information content (AvgIpc) is 2.36. The van der Waals surface area contributed by atoms with Crippen LogP contribution in [0.5, 0.6) is 0 Å². The molecule has 0 radical (unpaired) electrons. The van der Waals surface area contributed by atoms with Crippen LogP contribution in [0.3, 0.4) is 0 Å². The maximum absolute atomic E-state index is 5.87. The van der Waals surface area contributed by atoms with E-state index in [-0.39, 0.29) is 0 Å². The zero-order chi connectivity index (χ0) is 12.7. The zero-order valence-corrected chi connectivity index (χ0v) is 12.4. The van der Waals surface area contributed by atoms with E-state index >= 15 is 0 Å². The minimum Gasteiger partial charge on any atom is -0.316 e. The first kappa shape index (κ1) is 14.9. The molecule has 0 spiro atoms. The number of rotatable bonds is 7. The Morgan fingerprint density at radius 2 is 1.94 bits per heavy atom. The van der Waals surface area contributed by atoms with Gasteiger partial charge in [0.15, 0.2) is 0 Å². The second-order valence-electron chi connectivity index (χ2n) is 4.50. The SMILES string of the molecule is CCC(C)CC(CSc1ccc(Cl)cc1)NC. The van der Waals surface area contributed by atoms with E-state index < -0.39 is 0 Å². The van der Waals surface area contributed by atoms with Crippen molar-refractivity contribution in [2.24, 2.45) is 5.92 Å². The van der Waals surface area contributed by atoms with Gasteiger partial charge in [0, 0.05) is 21.7 Å². The van der Waals surface area contributed by atoms with Crippen LogP contribution < -0.4 is 5.32 Å². The molecule has 0 aliphatic carbocycles. The van der Waals surface area contributed by atoms with Gasteiger partial charge in [0.25, 0.3) is 0 Å². The lowest BCUT2D eigenvalue weighted by Crippen LogP contribution is -2.29. The Bertz CT molecular complexity index is 313. The van der Waals surface area contributed by atoms with Crippen molar-refractivity contribution in [1.29, 1.82) is 0 Å². The first-order chi connectivity index (χ1) is 8.15. The van der Waals surface area contributed by atoms with Gasteiger partial charge >= 0.3 is 0 Å². The number of hydrogen-bond donors (Lipinski definition) is 1. The van der Waals surface area contributed by atoms with Gasteiger partial charge in [0.05, 0.1) is 0 Å². The van der Waals surface area contributed by atoms with Gasteiger partial charge in [0.2, 0.25) is 0 Å². The highest BCUT2D eigenvalue weighted by molar-refractivity contribution is 7.99. The molecule has 1 nitrogen and oxygen atoms in total. The third-order valence-electron chi connectivity index (χ3n) is 3.06. The number of thioether (sulfide) groups is 1. The molecule has 2 unspecified atom stereocenters. The van der Waals surface area contributed by atoms with E-state index in [2.05, 4.69) is 38.3 Å². The summed E-state index contributed by atoms with van der Waals surface area (Å²) >= 11 is 7.76. The Kier molecular flexibility index (Phi) is 7.02. The molecule has 0 amide bonds. The highest BCUT2D eigenvalue weighted by atomic mass is 35.5. The van der Waals surface area contributed by atoms with E-state index in [0.29, 0.717) is 6.04 Å². The molecular formula is C14H22ClNS. The summed E-state index contributed by atoms with van der Waals surface area (Å²) < 4.78 is 0. The van der Waals surface area contributed by atoms with Gasteiger partial charge in [-0.2, -0.15) is 0 Å². The van der Waals surface area contributed by atoms with Gasteiger partial charge in [-0.15, -0.1) is 11.8 Å². The van der Waals surface area contributed by atoms with Crippen LogP contribution in [0, 0.1) is 5.92 Å². The Labute approximate surface area is 114 Å². The predicted octanol–water partition coefficient (Wildman–Crippen LogP) is 4.46. The molecule has 2 atom stereocenters. The molecule has 1 aromatic carbocycles. The normalized spacial score (nSPS) is 14.6. The van der Waals surface area contributed by atoms with Crippen LogP contribution in [-0.2, 0) is 0 Å². The number of benzene rings is 1. The number of halogens is 1. The largest absolute Gasteiger partial charge is 0.316 e. The van der Waals surface area contributed by atoms with Crippen molar-refractivity contribution in [3.05, 3.63) is 29.3 Å². The van der Waals surface area contributed by atoms with E-state index in [1.807, 2.05) is 23.9 Å². The average molecular weight is 272 g/mol. The summed E-state index contributed by atoms with van der Waals surface area (Å²) in [6.45, 7) is 4.57. The maximum atomic E-state index is 5.87. The van der Waals surface area contributed by atoms with Crippen molar-refractivity contribution in [2.75, 3.05) is 12.8 Å². The summed E-state index contributed by atoms with van der Waals surface area (Å²) in [5.41, 5.74) is 0. The second-order valence-corrected chi connectivity index (χ2v) is 6.03. The molecule has 0 fully saturated rings. The predicted molar refractivity (Wildman–Crippen MR) is 79.1 cm³/mol. The van der Waals surface area contributed by atoms with Gasteiger partial charge in [-0.1, -0.05) is 31.9 Å². The van der Waals surface area contributed by atoms with Gasteiger partial charge in [-0.3, -0.25) is 0 Å². The minimum atomic E-state index is 0.589. The first-order valence-corrected chi connectivity index (χ1v) is 7.57. The van der Waals surface area contributed by atoms with Crippen molar-refractivity contribution in [3.63, 3.8) is 0 Å². The topological polar surface area (TPSA) is 12.0 Å². The monoisotopic (exact) mass is 271 g/mol. The molecule has 0 aromatic heterocycles. The highest BCUT2D eigenvalue weighted by Gasteiger charge is 2.10. The van der Waals surface area contributed by atoms with Gasteiger partial charge < -0.3 is 5.32 Å². The standard InChI is InChI=1S/C14H22ClNS/c1-4-11(2)9-13(16-3)10-17-14-7-5-12(15)6-8-14/h5-8,11,13,16H,4,9-10H2,1-3H3. The Morgan fingerprint density at radius 3 is 2.47 bits per heavy atom. The van der Waals surface area contributed by atoms with Gasteiger partial charge in [-0.05, 0) is 43.7 Å². The summed E-state index contributed by atoms with van der Waals surface area (Å²) in [5.74, 6) is 1.90. The van der Waals surface area contributed by atoms with E-state index in [0.717, 1.165) is 16.7 Å². The Morgan fingerprint density at radius 1 is 1.29 bits per heavy atom. The summed E-state index contributed by atoms with van der Waals surface area (Å²) in [6, 6.07) is 8.66. The summed E-state index contributed by atoms with van der Waals surface area (Å²) in [5, 5.41) is 4.21. The molecule has 17 heavy (non-hydrogen) atoms. The molecule has 1 N–H and O–H groups in total. The Hall–Kier alpha value is -0.180. The van der Waals surface area contributed by atoms with Crippen LogP contribution in [0.15, 0.2) is 29.2 Å². The fourth-order valence-electron chi connectivity index (χ4n) is 1.65. The van der Waals surface area contributed by atoms with Crippen molar-refractivity contribution >= 4 is 23.4 Å². The van der Waals surface area contributed by atoms with Crippen molar-refractivity contribution < 1.29 is 0 Å². The molecule has 96 valence electrons. The first-order valence-electron chi connectivity index (χ1n) is 6.21. The fraction of sp³-hybridized carbons (Fsp3) is 0.571. The van der Waals surface area contributed by atoms with Crippen LogP contribution in [0.2, 0.25) is 5.02 Å². The van der Waals surface area contributed by atoms with Crippen LogP contribution in [-0.4, -0.2) is 18.8 Å². The molecule has 1 aromatic rings. The third kappa shape index (κ3) is 5.80. The number of nitrogens with one attached hydrogen (secondary N) is 1. The molecule has 3 heteroatoms. The molecular weight excluding hydrogens is 250 g/mol. The summed E-state index contributed by atoms with van der Waals surface area (Å²) in [7, 11) is 2.05. The van der Waals surface area contributed by atoms with Gasteiger partial charge in [-0.25, -0.2) is 0 Å². The summed E-state index contributed by atoms with van der Waals surface area (Å²) in [6.07, 6.45) is 2.50. The molecule has 0 bridgehead atoms. The molecule has 0 saturated heterocycles. The lowest BCUT2D eigenvalue weighted by Gasteiger charge is -2.19. The summed E-state index contributed by atoms with van der Waals surface area (Å²) in [4.78, 5) is 1.29. The van der Waals surface area contributed by atoms with Crippen molar-refractivity contribution in [3.8, 4) is 0 Å². The second kappa shape index (κ2) is 8.02. The quantitative estimate of drug-likeness (QED) is 0.735. The lowest BCUT2D eigenvalue weighted by molar-refractivity contribution is 0.436. The van der Waals surface area contributed by atoms with Crippen LogP contribution >= 0.6 is 23.4 Å². The minimum absolute atomic E-state index is 0.589. The maximum Gasteiger partial charge on any atom is 0.0406 e. The van der Waals surface area contributed by atoms with E-state index in [1.165, 1.54) is 17.7 Å². The fourth-order valence-corrected chi connectivity index (χ4v) is 2.80. The van der Waals surface area contributed by atoms with Crippen LogP contribution in [0.1, 0.15) is 26.7 Å². The molecule has 0 aliphatic heterocycles. The third-order valence-corrected chi connectivity index (χ3v) is 4.48. The molecule has 1 rings (SSSR count).